The number of methoxy groups -OCH3 is 1. The number of hydrogen-bond donors (Lipinski definition) is 1. The van der Waals surface area contributed by atoms with Gasteiger partial charge in [0.05, 0.1) is 6.61 Å². The van der Waals surface area contributed by atoms with E-state index >= 15 is 0 Å². The number of halogens is 2. The van der Waals surface area contributed by atoms with Crippen LogP contribution in [0.3, 0.4) is 0 Å². The van der Waals surface area contributed by atoms with E-state index in [1.807, 2.05) is 0 Å². The van der Waals surface area contributed by atoms with Crippen LogP contribution in [0, 0.1) is 11.6 Å². The van der Waals surface area contributed by atoms with E-state index < -0.39 is 32.6 Å². The number of hydrogen-bond acceptors (Lipinski definition) is 4. The van der Waals surface area contributed by atoms with Crippen molar-refractivity contribution in [3.8, 4) is 0 Å². The van der Waals surface area contributed by atoms with E-state index in [1.165, 1.54) is 7.11 Å². The Morgan fingerprint density at radius 3 is 2.48 bits per heavy atom. The van der Waals surface area contributed by atoms with Gasteiger partial charge < -0.3 is 10.5 Å². The summed E-state index contributed by atoms with van der Waals surface area (Å²) in [6, 6.07) is 1.45. The first-order valence-electron chi connectivity index (χ1n) is 6.48. The van der Waals surface area contributed by atoms with Gasteiger partial charge in [-0.05, 0) is 24.6 Å². The predicted molar refractivity (Wildman–Crippen MR) is 75.2 cm³/mol. The molecular formula is C13H20F2N2O3S. The van der Waals surface area contributed by atoms with Gasteiger partial charge in [0, 0.05) is 26.2 Å². The second-order valence-corrected chi connectivity index (χ2v) is 6.47. The Balaban J connectivity index is 3.38. The van der Waals surface area contributed by atoms with Crippen LogP contribution in [0.1, 0.15) is 19.4 Å². The van der Waals surface area contributed by atoms with E-state index in [9.17, 15) is 17.2 Å². The molecule has 0 aliphatic heterocycles. The van der Waals surface area contributed by atoms with Crippen molar-refractivity contribution in [2.45, 2.75) is 31.3 Å². The van der Waals surface area contributed by atoms with Gasteiger partial charge in [-0.15, -0.1) is 0 Å². The molecule has 1 rings (SSSR count). The summed E-state index contributed by atoms with van der Waals surface area (Å²) in [4.78, 5) is -0.701. The van der Waals surface area contributed by atoms with E-state index in [4.69, 9.17) is 10.5 Å². The molecule has 0 fully saturated rings. The zero-order chi connectivity index (χ0) is 16.2. The highest BCUT2D eigenvalue weighted by atomic mass is 32.2. The molecular weight excluding hydrogens is 302 g/mol. The third-order valence-electron chi connectivity index (χ3n) is 3.09. The summed E-state index contributed by atoms with van der Waals surface area (Å²) < 4.78 is 58.5. The minimum atomic E-state index is -4.18. The van der Waals surface area contributed by atoms with Crippen LogP contribution in [0.4, 0.5) is 8.78 Å². The topological polar surface area (TPSA) is 72.6 Å². The van der Waals surface area contributed by atoms with Gasteiger partial charge in [-0.3, -0.25) is 0 Å². The normalized spacial score (nSPS) is 13.7. The van der Waals surface area contributed by atoms with Gasteiger partial charge in [0.25, 0.3) is 0 Å². The number of nitrogens with zero attached hydrogens (tertiary/aromatic N) is 1. The van der Waals surface area contributed by atoms with Gasteiger partial charge in [0.1, 0.15) is 4.90 Å². The second-order valence-electron chi connectivity index (χ2n) is 4.61. The molecule has 0 spiro atoms. The number of nitrogens with two attached hydrogens (primary N) is 1. The number of ether oxygens (including phenoxy) is 1. The molecule has 0 aliphatic rings. The Bertz CT molecular complexity index is 593. The van der Waals surface area contributed by atoms with E-state index in [0.717, 1.165) is 16.4 Å². The van der Waals surface area contributed by atoms with Gasteiger partial charge >= 0.3 is 0 Å². The van der Waals surface area contributed by atoms with Crippen molar-refractivity contribution >= 4 is 10.0 Å². The fourth-order valence-electron chi connectivity index (χ4n) is 2.09. The average Bonchev–Trinajstić information content (AvgIpc) is 2.42. The second kappa shape index (κ2) is 7.26. The Labute approximate surface area is 123 Å². The quantitative estimate of drug-likeness (QED) is 0.825. The fraction of sp³-hybridized carbons (Fsp3) is 0.538. The molecule has 5 nitrogen and oxygen atoms in total. The Kier molecular flexibility index (Phi) is 6.21. The SMILES string of the molecule is CCN(C(C)COC)S(=O)(=O)c1cc(CN)cc(F)c1F. The Hall–Kier alpha value is -1.09. The highest BCUT2D eigenvalue weighted by Gasteiger charge is 2.31. The molecule has 21 heavy (non-hydrogen) atoms. The van der Waals surface area contributed by atoms with E-state index in [-0.39, 0.29) is 25.3 Å². The third kappa shape index (κ3) is 3.76. The van der Waals surface area contributed by atoms with E-state index in [2.05, 4.69) is 0 Å². The summed E-state index contributed by atoms with van der Waals surface area (Å²) in [6.07, 6.45) is 0. The lowest BCUT2D eigenvalue weighted by Crippen LogP contribution is -2.41. The van der Waals surface area contributed by atoms with Gasteiger partial charge in [0.2, 0.25) is 10.0 Å². The molecule has 0 heterocycles. The van der Waals surface area contributed by atoms with Gasteiger partial charge in [0.15, 0.2) is 11.6 Å². The smallest absolute Gasteiger partial charge is 0.246 e. The highest BCUT2D eigenvalue weighted by Crippen LogP contribution is 2.24. The molecule has 2 N–H and O–H groups in total. The summed E-state index contributed by atoms with van der Waals surface area (Å²) in [5.41, 5.74) is 5.59. The van der Waals surface area contributed by atoms with Crippen LogP contribution in [0.15, 0.2) is 17.0 Å². The average molecular weight is 322 g/mol. The summed E-state index contributed by atoms with van der Waals surface area (Å²) in [5.74, 6) is -2.62. The molecule has 0 amide bonds. The van der Waals surface area contributed by atoms with Crippen molar-refractivity contribution in [2.75, 3.05) is 20.3 Å². The maximum absolute atomic E-state index is 13.9. The molecule has 0 saturated heterocycles. The first-order chi connectivity index (χ1) is 9.79. The predicted octanol–water partition coefficient (Wildman–Crippen LogP) is 1.47. The fourth-order valence-corrected chi connectivity index (χ4v) is 3.84. The van der Waals surface area contributed by atoms with E-state index in [1.54, 1.807) is 13.8 Å². The zero-order valence-corrected chi connectivity index (χ0v) is 13.1. The van der Waals surface area contributed by atoms with Crippen LogP contribution in [0.2, 0.25) is 0 Å². The standard InChI is InChI=1S/C13H20F2N2O3S/c1-4-17(9(2)8-20-3)21(18,19)12-6-10(7-16)5-11(14)13(12)15/h5-6,9H,4,7-8,16H2,1-3H3. The van der Waals surface area contributed by atoms with Crippen LogP contribution in [-0.4, -0.2) is 39.0 Å². The van der Waals surface area contributed by atoms with Crippen molar-refractivity contribution in [1.29, 1.82) is 0 Å². The number of rotatable bonds is 7. The van der Waals surface area contributed by atoms with Gasteiger partial charge in [-0.1, -0.05) is 6.92 Å². The lowest BCUT2D eigenvalue weighted by Gasteiger charge is -2.27. The number of sulfonamides is 1. The van der Waals surface area contributed by atoms with Crippen LogP contribution in [0.25, 0.3) is 0 Å². The number of benzene rings is 1. The van der Waals surface area contributed by atoms with Crippen LogP contribution in [-0.2, 0) is 21.3 Å². The lowest BCUT2D eigenvalue weighted by molar-refractivity contribution is 0.142. The summed E-state index contributed by atoms with van der Waals surface area (Å²) in [7, 11) is -2.74. The maximum atomic E-state index is 13.9. The zero-order valence-electron chi connectivity index (χ0n) is 12.3. The van der Waals surface area contributed by atoms with E-state index in [0.29, 0.717) is 0 Å². The first kappa shape index (κ1) is 18.0. The minimum absolute atomic E-state index is 0.0839. The molecule has 1 atom stereocenters. The molecule has 0 radical (unpaired) electrons. The molecule has 0 aliphatic carbocycles. The Morgan fingerprint density at radius 2 is 2.00 bits per heavy atom. The Morgan fingerprint density at radius 1 is 1.38 bits per heavy atom. The van der Waals surface area contributed by atoms with Crippen molar-refractivity contribution in [3.05, 3.63) is 29.3 Å². The van der Waals surface area contributed by atoms with Crippen molar-refractivity contribution < 1.29 is 21.9 Å². The van der Waals surface area contributed by atoms with Crippen molar-refractivity contribution in [1.82, 2.24) is 4.31 Å². The van der Waals surface area contributed by atoms with Crippen LogP contribution in [0.5, 0.6) is 0 Å². The molecule has 0 saturated carbocycles. The molecule has 1 unspecified atom stereocenters. The number of likely N-dealkylation sites (N-methyl/N-ethyl adjacent to an activating group) is 1. The first-order valence-corrected chi connectivity index (χ1v) is 7.92. The van der Waals surface area contributed by atoms with Gasteiger partial charge in [-0.2, -0.15) is 4.31 Å². The largest absolute Gasteiger partial charge is 0.383 e. The molecule has 1 aromatic carbocycles. The lowest BCUT2D eigenvalue weighted by atomic mass is 10.2. The minimum Gasteiger partial charge on any atom is -0.383 e. The monoisotopic (exact) mass is 322 g/mol. The highest BCUT2D eigenvalue weighted by molar-refractivity contribution is 7.89. The molecule has 0 aromatic heterocycles. The molecule has 0 bridgehead atoms. The molecule has 1 aromatic rings. The summed E-state index contributed by atoms with van der Waals surface area (Å²) in [5, 5.41) is 0. The van der Waals surface area contributed by atoms with Gasteiger partial charge in [-0.25, -0.2) is 17.2 Å². The summed E-state index contributed by atoms with van der Waals surface area (Å²) in [6.45, 7) is 3.42. The van der Waals surface area contributed by atoms with Crippen molar-refractivity contribution in [2.24, 2.45) is 5.73 Å². The summed E-state index contributed by atoms with van der Waals surface area (Å²) >= 11 is 0. The third-order valence-corrected chi connectivity index (χ3v) is 5.18. The molecule has 120 valence electrons. The molecule has 8 heteroatoms. The van der Waals surface area contributed by atoms with Crippen LogP contribution < -0.4 is 5.73 Å². The maximum Gasteiger partial charge on any atom is 0.246 e. The van der Waals surface area contributed by atoms with Crippen LogP contribution >= 0.6 is 0 Å². The van der Waals surface area contributed by atoms with Crippen molar-refractivity contribution in [3.63, 3.8) is 0 Å².